The second kappa shape index (κ2) is 14.8. The summed E-state index contributed by atoms with van der Waals surface area (Å²) >= 11 is 0. The van der Waals surface area contributed by atoms with E-state index in [4.69, 9.17) is 5.73 Å². The van der Waals surface area contributed by atoms with Gasteiger partial charge < -0.3 is 21.3 Å². The maximum Gasteiger partial charge on any atom is 0.253 e. The van der Waals surface area contributed by atoms with Crippen molar-refractivity contribution in [3.8, 4) is 0 Å². The van der Waals surface area contributed by atoms with Gasteiger partial charge in [-0.2, -0.15) is 0 Å². The molecule has 0 radical (unpaired) electrons. The third-order valence-corrected chi connectivity index (χ3v) is 7.21. The molecule has 7 nitrogen and oxygen atoms in total. The van der Waals surface area contributed by atoms with Crippen molar-refractivity contribution in [2.45, 2.75) is 71.4 Å². The second-order valence-corrected chi connectivity index (χ2v) is 10.7. The molecule has 1 fully saturated rings. The number of carbonyl (C=O) groups is 3. The van der Waals surface area contributed by atoms with Gasteiger partial charge in [0.25, 0.3) is 11.8 Å². The van der Waals surface area contributed by atoms with Crippen molar-refractivity contribution in [1.82, 2.24) is 15.5 Å². The predicted octanol–water partition coefficient (Wildman–Crippen LogP) is 4.31. The SMILES string of the molecule is CCCN(CCC)C(=O)c1cccc(C(=O)N[C@@H](Cc2ccccc2F)[C@@H](N)C[C@@H](C)C(=O)NCC2CC2)c1. The molecule has 2 aromatic carbocycles. The highest BCUT2D eigenvalue weighted by atomic mass is 19.1. The number of amides is 3. The van der Waals surface area contributed by atoms with Gasteiger partial charge in [0.05, 0.1) is 0 Å². The number of rotatable bonds is 15. The molecule has 0 bridgehead atoms. The predicted molar refractivity (Wildman–Crippen MR) is 152 cm³/mol. The number of nitrogens with one attached hydrogen (secondary N) is 2. The zero-order valence-electron chi connectivity index (χ0n) is 23.4. The largest absolute Gasteiger partial charge is 0.356 e. The van der Waals surface area contributed by atoms with Gasteiger partial charge in [-0.05, 0) is 74.3 Å². The Morgan fingerprint density at radius 1 is 1.03 bits per heavy atom. The minimum Gasteiger partial charge on any atom is -0.356 e. The summed E-state index contributed by atoms with van der Waals surface area (Å²) in [6.07, 6.45) is 4.49. The summed E-state index contributed by atoms with van der Waals surface area (Å²) in [6.45, 7) is 7.84. The molecular weight excluding hydrogens is 495 g/mol. The average molecular weight is 539 g/mol. The molecule has 0 heterocycles. The highest BCUT2D eigenvalue weighted by Crippen LogP contribution is 2.27. The first-order valence-corrected chi connectivity index (χ1v) is 14.2. The number of carbonyl (C=O) groups excluding carboxylic acids is 3. The third kappa shape index (κ3) is 9.17. The van der Waals surface area contributed by atoms with E-state index in [0.29, 0.717) is 48.7 Å². The van der Waals surface area contributed by atoms with Crippen LogP contribution in [-0.4, -0.2) is 54.3 Å². The van der Waals surface area contributed by atoms with Gasteiger partial charge in [-0.1, -0.05) is 45.0 Å². The molecule has 1 saturated carbocycles. The number of hydrogen-bond donors (Lipinski definition) is 3. The van der Waals surface area contributed by atoms with Gasteiger partial charge in [0.1, 0.15) is 5.82 Å². The maximum absolute atomic E-state index is 14.5. The molecule has 4 N–H and O–H groups in total. The summed E-state index contributed by atoms with van der Waals surface area (Å²) in [5.74, 6) is -0.741. The zero-order valence-corrected chi connectivity index (χ0v) is 23.4. The van der Waals surface area contributed by atoms with Gasteiger partial charge in [-0.3, -0.25) is 14.4 Å². The van der Waals surface area contributed by atoms with Crippen LogP contribution in [0.1, 0.15) is 79.2 Å². The van der Waals surface area contributed by atoms with Gasteiger partial charge >= 0.3 is 0 Å². The molecule has 0 spiro atoms. The van der Waals surface area contributed by atoms with E-state index in [0.717, 1.165) is 25.7 Å². The number of nitrogens with two attached hydrogens (primary N) is 1. The van der Waals surface area contributed by atoms with Gasteiger partial charge in [0, 0.05) is 48.8 Å². The van der Waals surface area contributed by atoms with Crippen molar-refractivity contribution in [2.75, 3.05) is 19.6 Å². The Morgan fingerprint density at radius 2 is 1.69 bits per heavy atom. The summed E-state index contributed by atoms with van der Waals surface area (Å²) in [7, 11) is 0. The van der Waals surface area contributed by atoms with E-state index < -0.39 is 18.0 Å². The quantitative estimate of drug-likeness (QED) is 0.314. The highest BCUT2D eigenvalue weighted by molar-refractivity contribution is 5.99. The maximum atomic E-state index is 14.5. The van der Waals surface area contributed by atoms with Crippen LogP contribution in [0.15, 0.2) is 48.5 Å². The van der Waals surface area contributed by atoms with Crippen LogP contribution < -0.4 is 16.4 Å². The smallest absolute Gasteiger partial charge is 0.253 e. The molecule has 0 unspecified atom stereocenters. The standard InChI is InChI=1S/C31H43FN4O3/c1-4-15-36(16-5-2)31(39)25-11-8-10-24(18-25)30(38)35-28(19-23-9-6-7-12-26(23)32)27(33)17-21(3)29(37)34-20-22-13-14-22/h6-12,18,21-22,27-28H,4-5,13-17,19-20,33H2,1-3H3,(H,34,37)(H,35,38)/t21-,27+,28+/m1/s1. The fourth-order valence-corrected chi connectivity index (χ4v) is 4.71. The molecule has 1 aliphatic carbocycles. The number of hydrogen-bond acceptors (Lipinski definition) is 4. The Hall–Kier alpha value is -3.26. The summed E-state index contributed by atoms with van der Waals surface area (Å²) in [5.41, 5.74) is 7.76. The molecule has 1 aliphatic rings. The lowest BCUT2D eigenvalue weighted by Crippen LogP contribution is -2.50. The topological polar surface area (TPSA) is 105 Å². The van der Waals surface area contributed by atoms with Gasteiger partial charge in [-0.15, -0.1) is 0 Å². The van der Waals surface area contributed by atoms with Crippen LogP contribution >= 0.6 is 0 Å². The molecule has 2 aromatic rings. The first kappa shape index (κ1) is 30.3. The molecule has 212 valence electrons. The van der Waals surface area contributed by atoms with E-state index in [1.54, 1.807) is 47.4 Å². The summed E-state index contributed by atoms with van der Waals surface area (Å²) in [4.78, 5) is 40.8. The van der Waals surface area contributed by atoms with Crippen molar-refractivity contribution < 1.29 is 18.8 Å². The van der Waals surface area contributed by atoms with Crippen LogP contribution in [0.25, 0.3) is 0 Å². The number of halogens is 1. The Morgan fingerprint density at radius 3 is 2.33 bits per heavy atom. The monoisotopic (exact) mass is 538 g/mol. The Labute approximate surface area is 231 Å². The van der Waals surface area contributed by atoms with Crippen LogP contribution in [0.3, 0.4) is 0 Å². The van der Waals surface area contributed by atoms with E-state index in [1.165, 1.54) is 6.07 Å². The molecule has 0 aliphatic heterocycles. The van der Waals surface area contributed by atoms with Crippen molar-refractivity contribution in [2.24, 2.45) is 17.6 Å². The van der Waals surface area contributed by atoms with E-state index in [9.17, 15) is 18.8 Å². The molecule has 8 heteroatoms. The normalized spacial score (nSPS) is 15.2. The third-order valence-electron chi connectivity index (χ3n) is 7.21. The molecule has 0 aromatic heterocycles. The number of benzene rings is 2. The molecule has 3 amide bonds. The first-order chi connectivity index (χ1) is 18.7. The molecule has 39 heavy (non-hydrogen) atoms. The van der Waals surface area contributed by atoms with Gasteiger partial charge in [-0.25, -0.2) is 4.39 Å². The van der Waals surface area contributed by atoms with Crippen molar-refractivity contribution in [3.63, 3.8) is 0 Å². The van der Waals surface area contributed by atoms with E-state index in [1.807, 2.05) is 20.8 Å². The first-order valence-electron chi connectivity index (χ1n) is 14.2. The second-order valence-electron chi connectivity index (χ2n) is 10.7. The van der Waals surface area contributed by atoms with Crippen LogP contribution in [0.5, 0.6) is 0 Å². The fourth-order valence-electron chi connectivity index (χ4n) is 4.71. The lowest BCUT2D eigenvalue weighted by molar-refractivity contribution is -0.124. The fraction of sp³-hybridized carbons (Fsp3) is 0.516. The lowest BCUT2D eigenvalue weighted by Gasteiger charge is -2.27. The summed E-state index contributed by atoms with van der Waals surface area (Å²) in [5, 5.41) is 5.95. The van der Waals surface area contributed by atoms with Crippen molar-refractivity contribution in [3.05, 3.63) is 71.0 Å². The van der Waals surface area contributed by atoms with Crippen LogP contribution in [0.2, 0.25) is 0 Å². The summed E-state index contributed by atoms with van der Waals surface area (Å²) < 4.78 is 14.5. The van der Waals surface area contributed by atoms with Crippen molar-refractivity contribution in [1.29, 1.82) is 0 Å². The Balaban J connectivity index is 1.75. The van der Waals surface area contributed by atoms with E-state index >= 15 is 0 Å². The van der Waals surface area contributed by atoms with Gasteiger partial charge in [0.2, 0.25) is 5.91 Å². The van der Waals surface area contributed by atoms with Crippen LogP contribution in [0.4, 0.5) is 4.39 Å². The number of nitrogens with zero attached hydrogens (tertiary/aromatic N) is 1. The Bertz CT molecular complexity index is 1110. The lowest BCUT2D eigenvalue weighted by atomic mass is 9.91. The van der Waals surface area contributed by atoms with Crippen LogP contribution in [0, 0.1) is 17.7 Å². The minimum atomic E-state index is -0.621. The van der Waals surface area contributed by atoms with E-state index in [2.05, 4.69) is 10.6 Å². The molecule has 3 atom stereocenters. The van der Waals surface area contributed by atoms with Crippen molar-refractivity contribution >= 4 is 17.7 Å². The highest BCUT2D eigenvalue weighted by Gasteiger charge is 2.28. The zero-order chi connectivity index (χ0) is 28.4. The van der Waals surface area contributed by atoms with Gasteiger partial charge in [0.15, 0.2) is 0 Å². The molecular formula is C31H43FN4O3. The summed E-state index contributed by atoms with van der Waals surface area (Å²) in [6, 6.07) is 11.8. The van der Waals surface area contributed by atoms with E-state index in [-0.39, 0.29) is 30.0 Å². The van der Waals surface area contributed by atoms with Crippen LogP contribution in [-0.2, 0) is 11.2 Å². The average Bonchev–Trinajstić information content (AvgIpc) is 3.76. The molecule has 3 rings (SSSR count). The Kier molecular flexibility index (Phi) is 11.5. The molecule has 0 saturated heterocycles. The minimum absolute atomic E-state index is 0.0664.